The first kappa shape index (κ1) is 13.6. The van der Waals surface area contributed by atoms with Gasteiger partial charge in [0.05, 0.1) is 12.3 Å². The van der Waals surface area contributed by atoms with E-state index in [9.17, 15) is 0 Å². The second-order valence-corrected chi connectivity index (χ2v) is 4.69. The van der Waals surface area contributed by atoms with Gasteiger partial charge in [-0.2, -0.15) is 0 Å². The topological polar surface area (TPSA) is 55.6 Å². The van der Waals surface area contributed by atoms with Crippen molar-refractivity contribution in [2.45, 2.75) is 11.7 Å². The Balaban J connectivity index is 1.86. The Bertz CT molecular complexity index is 555. The van der Waals surface area contributed by atoms with Gasteiger partial charge in [0.1, 0.15) is 0 Å². The van der Waals surface area contributed by atoms with Crippen LogP contribution in [0.2, 0.25) is 0 Å². The molecule has 0 aliphatic carbocycles. The number of nitrogens with zero attached hydrogens (tertiary/aromatic N) is 4. The molecule has 0 radical (unpaired) electrons. The summed E-state index contributed by atoms with van der Waals surface area (Å²) in [6.07, 6.45) is 0. The van der Waals surface area contributed by atoms with Crippen molar-refractivity contribution in [2.75, 3.05) is 19.3 Å². The van der Waals surface area contributed by atoms with Crippen molar-refractivity contribution in [2.24, 2.45) is 0 Å². The number of hydrogen-bond acceptors (Lipinski definition) is 5. The van der Waals surface area contributed by atoms with E-state index in [4.69, 9.17) is 0 Å². The fourth-order valence-corrected chi connectivity index (χ4v) is 2.06. The van der Waals surface area contributed by atoms with Gasteiger partial charge in [0.15, 0.2) is 0 Å². The van der Waals surface area contributed by atoms with Gasteiger partial charge in [-0.15, -0.1) is 5.10 Å². The van der Waals surface area contributed by atoms with Crippen LogP contribution in [0.1, 0.15) is 5.56 Å². The first-order valence-corrected chi connectivity index (χ1v) is 6.96. The number of aromatic nitrogens is 4. The second-order valence-electron chi connectivity index (χ2n) is 3.74. The molecule has 19 heavy (non-hydrogen) atoms. The number of likely N-dealkylation sites (N-methyl/N-ethyl adjacent to an activating group) is 1. The van der Waals surface area contributed by atoms with Crippen LogP contribution in [0, 0.1) is 11.8 Å². The third-order valence-corrected chi connectivity index (χ3v) is 3.19. The van der Waals surface area contributed by atoms with Crippen LogP contribution in [-0.2, 0) is 6.54 Å². The first-order chi connectivity index (χ1) is 9.40. The van der Waals surface area contributed by atoms with E-state index in [1.807, 2.05) is 37.4 Å². The summed E-state index contributed by atoms with van der Waals surface area (Å²) in [6.45, 7) is 1.60. The Hall–Kier alpha value is -1.84. The monoisotopic (exact) mass is 273 g/mol. The summed E-state index contributed by atoms with van der Waals surface area (Å²) in [6, 6.07) is 9.93. The zero-order valence-electron chi connectivity index (χ0n) is 10.7. The molecular formula is C13H15N5S. The Kier molecular flexibility index (Phi) is 5.41. The number of hydrogen-bond donors (Lipinski definition) is 1. The van der Waals surface area contributed by atoms with Gasteiger partial charge in [-0.25, -0.2) is 4.68 Å². The number of tetrazole rings is 1. The number of thioether (sulfide) groups is 1. The summed E-state index contributed by atoms with van der Waals surface area (Å²) in [4.78, 5) is 0. The Morgan fingerprint density at radius 3 is 2.95 bits per heavy atom. The fraction of sp³-hybridized carbons (Fsp3) is 0.308. The summed E-state index contributed by atoms with van der Waals surface area (Å²) in [5.41, 5.74) is 1.03. The van der Waals surface area contributed by atoms with Crippen LogP contribution in [0.3, 0.4) is 0 Å². The number of nitrogens with one attached hydrogen (secondary N) is 1. The Morgan fingerprint density at radius 1 is 1.32 bits per heavy atom. The molecule has 2 aromatic rings. The molecule has 1 aromatic carbocycles. The third kappa shape index (κ3) is 4.39. The molecule has 0 fully saturated rings. The van der Waals surface area contributed by atoms with Gasteiger partial charge in [-0.05, 0) is 29.6 Å². The largest absolute Gasteiger partial charge is 0.318 e. The standard InChI is InChI=1S/C13H15N5S/c1-14-9-10-18-13(15-16-17-18)19-11-5-8-12-6-3-2-4-7-12/h2-4,6-7,14H,9-11H2,1H3. The van der Waals surface area contributed by atoms with Gasteiger partial charge >= 0.3 is 0 Å². The lowest BCUT2D eigenvalue weighted by molar-refractivity contribution is 0.530. The van der Waals surface area contributed by atoms with Crippen molar-refractivity contribution in [3.8, 4) is 11.8 Å². The zero-order chi connectivity index (χ0) is 13.3. The third-order valence-electron chi connectivity index (χ3n) is 2.35. The van der Waals surface area contributed by atoms with E-state index in [0.29, 0.717) is 5.75 Å². The minimum Gasteiger partial charge on any atom is -0.318 e. The van der Waals surface area contributed by atoms with Crippen LogP contribution >= 0.6 is 11.8 Å². The molecular weight excluding hydrogens is 258 g/mol. The van der Waals surface area contributed by atoms with E-state index in [2.05, 4.69) is 32.7 Å². The molecule has 6 heteroatoms. The molecule has 0 saturated carbocycles. The average Bonchev–Trinajstić information content (AvgIpc) is 2.90. The van der Waals surface area contributed by atoms with Gasteiger partial charge in [0, 0.05) is 12.1 Å². The minimum atomic E-state index is 0.675. The zero-order valence-corrected chi connectivity index (χ0v) is 11.5. The molecule has 5 nitrogen and oxygen atoms in total. The van der Waals surface area contributed by atoms with Crippen LogP contribution in [0.15, 0.2) is 35.5 Å². The molecule has 0 aliphatic heterocycles. The molecule has 0 aliphatic rings. The van der Waals surface area contributed by atoms with E-state index in [0.717, 1.165) is 23.8 Å². The SMILES string of the molecule is CNCCn1nnnc1SCC#Cc1ccccc1. The molecule has 0 bridgehead atoms. The van der Waals surface area contributed by atoms with Crippen molar-refractivity contribution in [3.63, 3.8) is 0 Å². The maximum Gasteiger partial charge on any atom is 0.210 e. The Morgan fingerprint density at radius 2 is 2.16 bits per heavy atom. The normalized spacial score (nSPS) is 9.95. The number of benzene rings is 1. The molecule has 1 heterocycles. The van der Waals surface area contributed by atoms with Gasteiger partial charge in [-0.3, -0.25) is 0 Å². The van der Waals surface area contributed by atoms with Gasteiger partial charge in [0.2, 0.25) is 5.16 Å². The van der Waals surface area contributed by atoms with E-state index in [-0.39, 0.29) is 0 Å². The van der Waals surface area contributed by atoms with Crippen LogP contribution in [0.25, 0.3) is 0 Å². The van der Waals surface area contributed by atoms with Crippen molar-refractivity contribution in [3.05, 3.63) is 35.9 Å². The average molecular weight is 273 g/mol. The molecule has 1 N–H and O–H groups in total. The molecule has 1 aromatic heterocycles. The van der Waals surface area contributed by atoms with E-state index >= 15 is 0 Å². The van der Waals surface area contributed by atoms with E-state index < -0.39 is 0 Å². The highest BCUT2D eigenvalue weighted by Crippen LogP contribution is 2.12. The maximum atomic E-state index is 3.98. The Labute approximate surface area is 116 Å². The summed E-state index contributed by atoms with van der Waals surface area (Å²) in [5.74, 6) is 6.90. The molecule has 0 spiro atoms. The van der Waals surface area contributed by atoms with Crippen molar-refractivity contribution < 1.29 is 0 Å². The predicted molar refractivity (Wildman–Crippen MR) is 75.8 cm³/mol. The highest BCUT2D eigenvalue weighted by atomic mass is 32.2. The highest BCUT2D eigenvalue weighted by Gasteiger charge is 2.04. The minimum absolute atomic E-state index is 0.675. The number of rotatable bonds is 5. The summed E-state index contributed by atoms with van der Waals surface area (Å²) < 4.78 is 1.78. The molecule has 0 unspecified atom stereocenters. The van der Waals surface area contributed by atoms with Crippen molar-refractivity contribution in [1.82, 2.24) is 25.5 Å². The van der Waals surface area contributed by atoms with E-state index in [1.165, 1.54) is 0 Å². The predicted octanol–water partition coefficient (Wildman–Crippen LogP) is 1.04. The van der Waals surface area contributed by atoms with Crippen LogP contribution in [0.5, 0.6) is 0 Å². The molecule has 98 valence electrons. The van der Waals surface area contributed by atoms with Crippen LogP contribution in [0.4, 0.5) is 0 Å². The lowest BCUT2D eigenvalue weighted by atomic mass is 10.2. The fourth-order valence-electron chi connectivity index (χ4n) is 1.42. The summed E-state index contributed by atoms with van der Waals surface area (Å²) in [7, 11) is 1.91. The summed E-state index contributed by atoms with van der Waals surface area (Å²) in [5, 5.41) is 15.5. The lowest BCUT2D eigenvalue weighted by Crippen LogP contribution is -2.16. The van der Waals surface area contributed by atoms with Crippen LogP contribution in [-0.4, -0.2) is 39.6 Å². The molecule has 0 amide bonds. The lowest BCUT2D eigenvalue weighted by Gasteiger charge is -2.01. The highest BCUT2D eigenvalue weighted by molar-refractivity contribution is 7.99. The quantitative estimate of drug-likeness (QED) is 0.651. The van der Waals surface area contributed by atoms with E-state index in [1.54, 1.807) is 16.4 Å². The second kappa shape index (κ2) is 7.56. The molecule has 2 rings (SSSR count). The molecule has 0 saturated heterocycles. The smallest absolute Gasteiger partial charge is 0.210 e. The summed E-state index contributed by atoms with van der Waals surface area (Å²) >= 11 is 1.55. The van der Waals surface area contributed by atoms with Gasteiger partial charge < -0.3 is 5.32 Å². The van der Waals surface area contributed by atoms with Crippen molar-refractivity contribution in [1.29, 1.82) is 0 Å². The van der Waals surface area contributed by atoms with Gasteiger partial charge in [0.25, 0.3) is 0 Å². The molecule has 0 atom stereocenters. The van der Waals surface area contributed by atoms with Crippen LogP contribution < -0.4 is 5.32 Å². The van der Waals surface area contributed by atoms with Crippen molar-refractivity contribution >= 4 is 11.8 Å². The maximum absolute atomic E-state index is 3.98. The first-order valence-electron chi connectivity index (χ1n) is 5.97. The van der Waals surface area contributed by atoms with Gasteiger partial charge in [-0.1, -0.05) is 41.8 Å².